The van der Waals surface area contributed by atoms with Gasteiger partial charge in [-0.25, -0.2) is 0 Å². The summed E-state index contributed by atoms with van der Waals surface area (Å²) in [6.07, 6.45) is 4.18. The van der Waals surface area contributed by atoms with Crippen LogP contribution in [-0.4, -0.2) is 45.6 Å². The minimum atomic E-state index is -0.417. The van der Waals surface area contributed by atoms with E-state index < -0.39 is 11.8 Å². The molecule has 3 aromatic rings. The number of benzene rings is 2. The van der Waals surface area contributed by atoms with Gasteiger partial charge in [-0.1, -0.05) is 42.5 Å². The third kappa shape index (κ3) is 2.88. The Kier molecular flexibility index (Phi) is 4.39. The quantitative estimate of drug-likeness (QED) is 0.637. The summed E-state index contributed by atoms with van der Waals surface area (Å²) < 4.78 is 0. The van der Waals surface area contributed by atoms with Gasteiger partial charge in [0.2, 0.25) is 5.91 Å². The van der Waals surface area contributed by atoms with E-state index in [4.69, 9.17) is 0 Å². The van der Waals surface area contributed by atoms with Gasteiger partial charge >= 0.3 is 0 Å². The van der Waals surface area contributed by atoms with Gasteiger partial charge in [0.1, 0.15) is 6.54 Å². The van der Waals surface area contributed by atoms with Crippen LogP contribution < -0.4 is 0 Å². The fourth-order valence-corrected chi connectivity index (χ4v) is 4.34. The molecule has 30 heavy (non-hydrogen) atoms. The molecular formula is C24H19N3O3. The second-order valence-corrected chi connectivity index (χ2v) is 7.47. The van der Waals surface area contributed by atoms with E-state index in [-0.39, 0.29) is 18.5 Å². The minimum Gasteiger partial charge on any atom is -0.330 e. The van der Waals surface area contributed by atoms with Crippen LogP contribution in [0.3, 0.4) is 0 Å². The number of hydrogen-bond donors (Lipinski definition) is 0. The van der Waals surface area contributed by atoms with Gasteiger partial charge in [0, 0.05) is 18.9 Å². The highest BCUT2D eigenvalue weighted by atomic mass is 16.2. The van der Waals surface area contributed by atoms with Crippen LogP contribution in [0.5, 0.6) is 0 Å². The Balaban J connectivity index is 1.47. The molecule has 0 spiro atoms. The number of fused-ring (bicyclic) bond motifs is 2. The first kappa shape index (κ1) is 18.2. The summed E-state index contributed by atoms with van der Waals surface area (Å²) in [5.41, 5.74) is 3.84. The molecule has 1 unspecified atom stereocenters. The van der Waals surface area contributed by atoms with E-state index >= 15 is 0 Å². The first-order valence-electron chi connectivity index (χ1n) is 9.87. The highest BCUT2D eigenvalue weighted by Gasteiger charge is 2.39. The number of hydrogen-bond acceptors (Lipinski definition) is 4. The van der Waals surface area contributed by atoms with E-state index in [1.807, 2.05) is 30.3 Å². The fourth-order valence-electron chi connectivity index (χ4n) is 4.34. The van der Waals surface area contributed by atoms with E-state index in [1.54, 1.807) is 41.6 Å². The number of amides is 3. The number of aromatic nitrogens is 1. The van der Waals surface area contributed by atoms with E-state index in [9.17, 15) is 14.4 Å². The van der Waals surface area contributed by atoms with Crippen molar-refractivity contribution in [2.75, 3.05) is 13.1 Å². The normalized spacial score (nSPS) is 17.7. The van der Waals surface area contributed by atoms with Crippen LogP contribution in [0.15, 0.2) is 73.1 Å². The second kappa shape index (κ2) is 7.22. The number of rotatable bonds is 3. The third-order valence-corrected chi connectivity index (χ3v) is 5.78. The molecule has 0 saturated heterocycles. The Bertz CT molecular complexity index is 1120. The summed E-state index contributed by atoms with van der Waals surface area (Å²) in [4.78, 5) is 45.8. The average molecular weight is 397 g/mol. The Morgan fingerprint density at radius 1 is 0.933 bits per heavy atom. The van der Waals surface area contributed by atoms with E-state index in [0.717, 1.165) is 22.4 Å². The van der Waals surface area contributed by atoms with E-state index in [0.29, 0.717) is 17.7 Å². The SMILES string of the molecule is O=C1c2ccccc2C(=O)N1CC(=O)N1CCc2ccccc2C1c1cccnc1. The predicted octanol–water partition coefficient (Wildman–Crippen LogP) is 2.85. The van der Waals surface area contributed by atoms with Crippen LogP contribution in [0.4, 0.5) is 0 Å². The third-order valence-electron chi connectivity index (χ3n) is 5.78. The zero-order chi connectivity index (χ0) is 20.7. The van der Waals surface area contributed by atoms with Crippen LogP contribution >= 0.6 is 0 Å². The highest BCUT2D eigenvalue weighted by molar-refractivity contribution is 6.22. The lowest BCUT2D eigenvalue weighted by molar-refractivity contribution is -0.133. The lowest BCUT2D eigenvalue weighted by atomic mass is 9.88. The molecule has 1 aromatic heterocycles. The summed E-state index contributed by atoms with van der Waals surface area (Å²) in [5.74, 6) is -1.09. The molecule has 3 heterocycles. The summed E-state index contributed by atoms with van der Waals surface area (Å²) in [5, 5.41) is 0. The van der Waals surface area contributed by atoms with Gasteiger partial charge in [-0.2, -0.15) is 0 Å². The molecule has 0 N–H and O–H groups in total. The van der Waals surface area contributed by atoms with E-state index in [2.05, 4.69) is 11.1 Å². The molecule has 0 bridgehead atoms. The number of pyridine rings is 1. The molecule has 0 radical (unpaired) electrons. The van der Waals surface area contributed by atoms with Crippen molar-refractivity contribution in [1.29, 1.82) is 0 Å². The minimum absolute atomic E-state index is 0.257. The Hall–Kier alpha value is -3.80. The lowest BCUT2D eigenvalue weighted by Gasteiger charge is -2.38. The fraction of sp³-hybridized carbons (Fsp3) is 0.167. The molecule has 148 valence electrons. The van der Waals surface area contributed by atoms with Gasteiger partial charge in [0.05, 0.1) is 17.2 Å². The molecule has 6 nitrogen and oxygen atoms in total. The van der Waals surface area contributed by atoms with Crippen LogP contribution in [-0.2, 0) is 11.2 Å². The van der Waals surface area contributed by atoms with Gasteiger partial charge in [-0.3, -0.25) is 24.3 Å². The monoisotopic (exact) mass is 397 g/mol. The molecule has 2 aromatic carbocycles. The molecular weight excluding hydrogens is 378 g/mol. The average Bonchev–Trinajstić information content (AvgIpc) is 3.04. The standard InChI is InChI=1S/C24H19N3O3/c28-21(15-27-23(29)19-9-3-4-10-20(19)24(27)30)26-13-11-16-6-1-2-8-18(16)22(26)17-7-5-12-25-14-17/h1-10,12,14,22H,11,13,15H2. The number of carbonyl (C=O) groups is 3. The Morgan fingerprint density at radius 3 is 2.33 bits per heavy atom. The molecule has 3 amide bonds. The maximum atomic E-state index is 13.3. The molecule has 6 heteroatoms. The zero-order valence-electron chi connectivity index (χ0n) is 16.2. The molecule has 1 atom stereocenters. The topological polar surface area (TPSA) is 70.6 Å². The molecule has 2 aliphatic heterocycles. The van der Waals surface area contributed by atoms with Crippen molar-refractivity contribution < 1.29 is 14.4 Å². The Morgan fingerprint density at radius 2 is 1.63 bits per heavy atom. The summed E-state index contributed by atoms with van der Waals surface area (Å²) >= 11 is 0. The summed E-state index contributed by atoms with van der Waals surface area (Å²) in [6, 6.07) is 18.2. The van der Waals surface area contributed by atoms with E-state index in [1.165, 1.54) is 5.56 Å². The first-order chi connectivity index (χ1) is 14.6. The van der Waals surface area contributed by atoms with Crippen LogP contribution in [0.1, 0.15) is 43.4 Å². The van der Waals surface area contributed by atoms with Crippen LogP contribution in [0, 0.1) is 0 Å². The highest BCUT2D eigenvalue weighted by Crippen LogP contribution is 2.35. The predicted molar refractivity (Wildman–Crippen MR) is 110 cm³/mol. The molecule has 2 aliphatic rings. The smallest absolute Gasteiger partial charge is 0.262 e. The summed E-state index contributed by atoms with van der Waals surface area (Å²) in [6.45, 7) is 0.240. The lowest BCUT2D eigenvalue weighted by Crippen LogP contribution is -2.47. The van der Waals surface area contributed by atoms with Crippen LogP contribution in [0.25, 0.3) is 0 Å². The van der Waals surface area contributed by atoms with Crippen molar-refractivity contribution in [3.8, 4) is 0 Å². The van der Waals surface area contributed by atoms with Crippen molar-refractivity contribution >= 4 is 17.7 Å². The number of carbonyl (C=O) groups excluding carboxylic acids is 3. The van der Waals surface area contributed by atoms with Gasteiger partial charge in [0.15, 0.2) is 0 Å². The van der Waals surface area contributed by atoms with Gasteiger partial charge < -0.3 is 4.90 Å². The summed E-state index contributed by atoms with van der Waals surface area (Å²) in [7, 11) is 0. The molecule has 0 saturated carbocycles. The van der Waals surface area contributed by atoms with Crippen molar-refractivity contribution in [2.24, 2.45) is 0 Å². The van der Waals surface area contributed by atoms with Crippen LogP contribution in [0.2, 0.25) is 0 Å². The second-order valence-electron chi connectivity index (χ2n) is 7.47. The maximum Gasteiger partial charge on any atom is 0.262 e. The van der Waals surface area contributed by atoms with Crippen molar-refractivity contribution in [3.05, 3.63) is 101 Å². The van der Waals surface area contributed by atoms with Gasteiger partial charge in [0.25, 0.3) is 11.8 Å². The maximum absolute atomic E-state index is 13.3. The first-order valence-corrected chi connectivity index (χ1v) is 9.87. The van der Waals surface area contributed by atoms with Gasteiger partial charge in [-0.05, 0) is 41.3 Å². The number of nitrogens with zero attached hydrogens (tertiary/aromatic N) is 3. The van der Waals surface area contributed by atoms with Crippen molar-refractivity contribution in [1.82, 2.24) is 14.8 Å². The largest absolute Gasteiger partial charge is 0.330 e. The van der Waals surface area contributed by atoms with Crippen molar-refractivity contribution in [3.63, 3.8) is 0 Å². The Labute approximate surface area is 173 Å². The molecule has 0 aliphatic carbocycles. The zero-order valence-corrected chi connectivity index (χ0v) is 16.2. The van der Waals surface area contributed by atoms with Crippen molar-refractivity contribution in [2.45, 2.75) is 12.5 Å². The van der Waals surface area contributed by atoms with Gasteiger partial charge in [-0.15, -0.1) is 0 Å². The molecule has 0 fully saturated rings. The number of imide groups is 1. The molecule has 5 rings (SSSR count).